The molecule has 0 bridgehead atoms. The fourth-order valence-electron chi connectivity index (χ4n) is 2.79. The smallest absolute Gasteiger partial charge is 0.294 e. The second kappa shape index (κ2) is 7.09. The van der Waals surface area contributed by atoms with E-state index < -0.39 is 47.1 Å². The summed E-state index contributed by atoms with van der Waals surface area (Å²) in [6.07, 6.45) is 0.125. The van der Waals surface area contributed by atoms with Gasteiger partial charge in [0.05, 0.1) is 9.79 Å². The molecule has 27 heavy (non-hydrogen) atoms. The lowest BCUT2D eigenvalue weighted by Gasteiger charge is -2.30. The summed E-state index contributed by atoms with van der Waals surface area (Å²) in [5.41, 5.74) is -2.96. The van der Waals surface area contributed by atoms with Crippen LogP contribution < -0.4 is 0 Å². The molecule has 0 amide bonds. The number of rotatable bonds is 6. The lowest BCUT2D eigenvalue weighted by atomic mass is 9.81. The summed E-state index contributed by atoms with van der Waals surface area (Å²) in [5, 5.41) is 31.5. The molecular formula is C16H18O9S2. The zero-order valence-electron chi connectivity index (χ0n) is 14.1. The summed E-state index contributed by atoms with van der Waals surface area (Å²) < 4.78 is 64.0. The Kier molecular flexibility index (Phi) is 5.55. The molecule has 9 nitrogen and oxygen atoms in total. The van der Waals surface area contributed by atoms with Gasteiger partial charge in [-0.2, -0.15) is 16.8 Å². The maximum Gasteiger partial charge on any atom is 0.294 e. The minimum atomic E-state index is -4.66. The number of phenolic OH excluding ortho intramolecular Hbond substituents is 2. The van der Waals surface area contributed by atoms with Crippen LogP contribution in [0.2, 0.25) is 0 Å². The summed E-state index contributed by atoms with van der Waals surface area (Å²) in [5.74, 6) is -1.09. The maximum atomic E-state index is 11.4. The van der Waals surface area contributed by atoms with Gasteiger partial charge in [0.1, 0.15) is 17.1 Å². The Hall–Kier alpha value is -2.18. The van der Waals surface area contributed by atoms with E-state index in [1.54, 1.807) is 6.92 Å². The van der Waals surface area contributed by atoms with Gasteiger partial charge >= 0.3 is 0 Å². The van der Waals surface area contributed by atoms with Crippen LogP contribution in [0.1, 0.15) is 30.9 Å². The van der Waals surface area contributed by atoms with Crippen molar-refractivity contribution in [1.82, 2.24) is 0 Å². The van der Waals surface area contributed by atoms with Crippen molar-refractivity contribution in [3.8, 4) is 11.5 Å². The van der Waals surface area contributed by atoms with E-state index in [4.69, 9.17) is 0 Å². The van der Waals surface area contributed by atoms with E-state index in [-0.39, 0.29) is 24.0 Å². The zero-order valence-corrected chi connectivity index (χ0v) is 15.7. The third-order valence-corrected chi connectivity index (χ3v) is 5.73. The Morgan fingerprint density at radius 3 is 1.48 bits per heavy atom. The zero-order chi connectivity index (χ0) is 20.6. The highest BCUT2D eigenvalue weighted by molar-refractivity contribution is 7.86. The van der Waals surface area contributed by atoms with Gasteiger partial charge in [0.15, 0.2) is 0 Å². The monoisotopic (exact) mass is 418 g/mol. The molecule has 0 saturated carbocycles. The number of hydrogen-bond donors (Lipinski definition) is 5. The lowest BCUT2D eigenvalue weighted by Crippen LogP contribution is -2.28. The first-order valence-electron chi connectivity index (χ1n) is 7.65. The van der Waals surface area contributed by atoms with Crippen LogP contribution >= 0.6 is 0 Å². The van der Waals surface area contributed by atoms with E-state index in [2.05, 4.69) is 0 Å². The average Bonchev–Trinajstić information content (AvgIpc) is 2.53. The number of aliphatic hydroxyl groups is 1. The van der Waals surface area contributed by atoms with Crippen molar-refractivity contribution in [1.29, 1.82) is 0 Å². The number of phenols is 2. The van der Waals surface area contributed by atoms with Gasteiger partial charge in [-0.25, -0.2) is 0 Å². The van der Waals surface area contributed by atoms with Crippen LogP contribution in [0.5, 0.6) is 11.5 Å². The predicted molar refractivity (Wildman–Crippen MR) is 93.7 cm³/mol. The molecule has 148 valence electrons. The Bertz CT molecular complexity index is 992. The highest BCUT2D eigenvalue weighted by Gasteiger charge is 2.37. The summed E-state index contributed by atoms with van der Waals surface area (Å²) in [6, 6.07) is 5.33. The Morgan fingerprint density at radius 1 is 0.815 bits per heavy atom. The largest absolute Gasteiger partial charge is 0.508 e. The predicted octanol–water partition coefficient (Wildman–Crippen LogP) is 1.63. The van der Waals surface area contributed by atoms with Crippen molar-refractivity contribution in [3.63, 3.8) is 0 Å². The molecule has 0 aliphatic carbocycles. The summed E-state index contributed by atoms with van der Waals surface area (Å²) in [6.45, 7) is 1.65. The summed E-state index contributed by atoms with van der Waals surface area (Å²) in [4.78, 5) is -1.23. The van der Waals surface area contributed by atoms with E-state index >= 15 is 0 Å². The average molecular weight is 418 g/mol. The van der Waals surface area contributed by atoms with Gasteiger partial charge in [0.2, 0.25) is 0 Å². The van der Waals surface area contributed by atoms with Crippen molar-refractivity contribution < 1.29 is 41.3 Å². The minimum absolute atomic E-state index is 0.155. The number of aromatic hydroxyl groups is 2. The highest BCUT2D eigenvalue weighted by atomic mass is 32.2. The Labute approximate surface area is 156 Å². The van der Waals surface area contributed by atoms with Crippen molar-refractivity contribution in [3.05, 3.63) is 47.5 Å². The molecule has 2 aromatic rings. The second-order valence-electron chi connectivity index (χ2n) is 5.92. The molecule has 2 rings (SSSR count). The van der Waals surface area contributed by atoms with Crippen molar-refractivity contribution in [2.45, 2.75) is 35.2 Å². The first-order chi connectivity index (χ1) is 12.3. The minimum Gasteiger partial charge on any atom is -0.508 e. The van der Waals surface area contributed by atoms with Gasteiger partial charge in [-0.1, -0.05) is 13.3 Å². The van der Waals surface area contributed by atoms with Crippen LogP contribution in [0.15, 0.2) is 46.2 Å². The first-order valence-corrected chi connectivity index (χ1v) is 10.5. The molecule has 0 radical (unpaired) electrons. The molecule has 0 heterocycles. The molecule has 2 aromatic carbocycles. The molecule has 0 fully saturated rings. The highest BCUT2D eigenvalue weighted by Crippen LogP contribution is 2.43. The van der Waals surface area contributed by atoms with Gasteiger partial charge in [-0.05, 0) is 42.8 Å². The van der Waals surface area contributed by atoms with E-state index in [0.29, 0.717) is 0 Å². The Morgan fingerprint density at radius 2 is 1.19 bits per heavy atom. The van der Waals surface area contributed by atoms with Gasteiger partial charge in [0, 0.05) is 11.1 Å². The molecule has 0 aromatic heterocycles. The molecule has 0 spiro atoms. The third kappa shape index (κ3) is 4.22. The van der Waals surface area contributed by atoms with Crippen LogP contribution in [-0.4, -0.2) is 41.3 Å². The van der Waals surface area contributed by atoms with Crippen LogP contribution in [0.25, 0.3) is 0 Å². The normalized spacial score (nSPS) is 12.9. The van der Waals surface area contributed by atoms with Crippen LogP contribution in [-0.2, 0) is 25.8 Å². The molecule has 0 aliphatic rings. The maximum absolute atomic E-state index is 11.4. The molecule has 0 atom stereocenters. The molecular weight excluding hydrogens is 400 g/mol. The second-order valence-corrected chi connectivity index (χ2v) is 8.76. The van der Waals surface area contributed by atoms with Crippen molar-refractivity contribution >= 4 is 20.2 Å². The van der Waals surface area contributed by atoms with Crippen LogP contribution in [0.4, 0.5) is 0 Å². The fraction of sp³-hybridized carbons (Fsp3) is 0.250. The van der Waals surface area contributed by atoms with Crippen LogP contribution in [0, 0.1) is 0 Å². The summed E-state index contributed by atoms with van der Waals surface area (Å²) >= 11 is 0. The van der Waals surface area contributed by atoms with Gasteiger partial charge < -0.3 is 15.3 Å². The topological polar surface area (TPSA) is 169 Å². The molecule has 0 saturated heterocycles. The number of benzene rings is 2. The quantitative estimate of drug-likeness (QED) is 0.437. The summed E-state index contributed by atoms with van der Waals surface area (Å²) in [7, 11) is -9.32. The van der Waals surface area contributed by atoms with Crippen molar-refractivity contribution in [2.75, 3.05) is 0 Å². The molecule has 0 unspecified atom stereocenters. The van der Waals surface area contributed by atoms with Gasteiger partial charge in [-0.3, -0.25) is 9.11 Å². The third-order valence-electron chi connectivity index (χ3n) is 4.03. The lowest BCUT2D eigenvalue weighted by molar-refractivity contribution is 0.0645. The molecule has 0 aliphatic heterocycles. The van der Waals surface area contributed by atoms with E-state index in [0.717, 1.165) is 36.4 Å². The van der Waals surface area contributed by atoms with E-state index in [9.17, 15) is 41.3 Å². The van der Waals surface area contributed by atoms with Gasteiger partial charge in [0.25, 0.3) is 20.2 Å². The SMILES string of the molecule is CCCC(O)(c1cc(S(=O)(=O)O)ccc1O)c1cc(S(=O)(=O)O)ccc1O. The van der Waals surface area contributed by atoms with E-state index in [1.165, 1.54) is 0 Å². The Balaban J connectivity index is 2.85. The molecule has 11 heteroatoms. The number of hydrogen-bond acceptors (Lipinski definition) is 7. The standard InChI is InChI=1S/C16H18O9S2/c1-2-7-16(19,12-8-10(26(20,21)22)3-5-14(12)17)13-9-11(27(23,24)25)4-6-15(13)18/h3-6,8-9,17-19H,2,7H2,1H3,(H,20,21,22)(H,23,24,25). The fourth-order valence-corrected chi connectivity index (χ4v) is 3.80. The molecule has 5 N–H and O–H groups in total. The first kappa shape index (κ1) is 21.1. The van der Waals surface area contributed by atoms with E-state index in [1.807, 2.05) is 0 Å². The van der Waals surface area contributed by atoms with Crippen LogP contribution in [0.3, 0.4) is 0 Å². The van der Waals surface area contributed by atoms with Crippen molar-refractivity contribution in [2.24, 2.45) is 0 Å². The van der Waals surface area contributed by atoms with Gasteiger partial charge in [-0.15, -0.1) is 0 Å².